The van der Waals surface area contributed by atoms with E-state index in [1.807, 2.05) is 5.32 Å². The van der Waals surface area contributed by atoms with E-state index < -0.39 is 59.8 Å². The second kappa shape index (κ2) is 7.38. The van der Waals surface area contributed by atoms with Crippen molar-refractivity contribution in [3.05, 3.63) is 21.7 Å². The first-order valence-corrected chi connectivity index (χ1v) is 5.58. The summed E-state index contributed by atoms with van der Waals surface area (Å²) in [6, 6.07) is 0.490. The molecule has 0 amide bonds. The van der Waals surface area contributed by atoms with E-state index in [1.165, 1.54) is 0 Å². The van der Waals surface area contributed by atoms with E-state index in [1.54, 1.807) is 0 Å². The number of hydrogen-bond acceptors (Lipinski definition) is 6. The van der Waals surface area contributed by atoms with E-state index in [0.717, 1.165) is 0 Å². The van der Waals surface area contributed by atoms with Gasteiger partial charge in [-0.15, -0.1) is 0 Å². The van der Waals surface area contributed by atoms with Gasteiger partial charge in [0.25, 0.3) is 12.9 Å². The molecule has 0 fully saturated rings. The number of nitrogens with one attached hydrogen (secondary N) is 1. The van der Waals surface area contributed by atoms with Gasteiger partial charge in [-0.3, -0.25) is 10.1 Å². The normalized spacial score (nSPS) is 10.8. The van der Waals surface area contributed by atoms with Crippen molar-refractivity contribution in [3.8, 4) is 5.88 Å². The Kier molecular flexibility index (Phi) is 5.83. The smallest absolute Gasteiger partial charge is 0.341 e. The highest BCUT2D eigenvalue weighted by atomic mass is 19.3. The second-order valence-electron chi connectivity index (χ2n) is 3.75. The number of hydrogen-bond donors (Lipinski definition) is 2. The predicted octanol–water partition coefficient (Wildman–Crippen LogP) is 2.01. The number of alkyl halides is 4. The summed E-state index contributed by atoms with van der Waals surface area (Å²) in [5.41, 5.74) is -1.74. The summed E-state index contributed by atoms with van der Waals surface area (Å²) in [7, 11) is 0. The van der Waals surface area contributed by atoms with E-state index in [4.69, 9.17) is 5.11 Å². The zero-order valence-electron chi connectivity index (χ0n) is 10.6. The lowest BCUT2D eigenvalue weighted by Gasteiger charge is -2.11. The standard InChI is InChI=1S/C10H9F4N3O5/c11-6(12)2-15-8-5(17(20)21)1-4(10(18)19)9(16-8)22-3-7(13)14/h1,6-7H,2-3H2,(H,15,16)(H,18,19). The fourth-order valence-electron chi connectivity index (χ4n) is 1.33. The van der Waals surface area contributed by atoms with Gasteiger partial charge in [-0.05, 0) is 0 Å². The van der Waals surface area contributed by atoms with Gasteiger partial charge in [0.05, 0.1) is 11.5 Å². The Morgan fingerprint density at radius 3 is 2.50 bits per heavy atom. The van der Waals surface area contributed by atoms with Crippen LogP contribution in [0.25, 0.3) is 0 Å². The molecule has 1 aromatic heterocycles. The van der Waals surface area contributed by atoms with Crippen molar-refractivity contribution in [2.24, 2.45) is 0 Å². The van der Waals surface area contributed by atoms with E-state index in [0.29, 0.717) is 6.07 Å². The quantitative estimate of drug-likeness (QED) is 0.426. The van der Waals surface area contributed by atoms with Crippen molar-refractivity contribution in [2.45, 2.75) is 12.9 Å². The van der Waals surface area contributed by atoms with Crippen LogP contribution in [0.5, 0.6) is 5.88 Å². The summed E-state index contributed by atoms with van der Waals surface area (Å²) in [5, 5.41) is 21.6. The molecular weight excluding hydrogens is 318 g/mol. The van der Waals surface area contributed by atoms with Gasteiger partial charge < -0.3 is 15.2 Å². The molecule has 2 N–H and O–H groups in total. The Labute approximate surface area is 119 Å². The van der Waals surface area contributed by atoms with Crippen LogP contribution in [-0.2, 0) is 0 Å². The molecule has 0 aliphatic rings. The number of nitro groups is 1. The van der Waals surface area contributed by atoms with Crippen molar-refractivity contribution < 1.29 is 37.1 Å². The number of carboxylic acids is 1. The van der Waals surface area contributed by atoms with Gasteiger partial charge in [-0.1, -0.05) is 0 Å². The van der Waals surface area contributed by atoms with Crippen LogP contribution in [0.4, 0.5) is 29.1 Å². The molecule has 0 saturated carbocycles. The predicted molar refractivity (Wildman–Crippen MR) is 63.8 cm³/mol. The number of aromatic nitrogens is 1. The molecule has 0 aliphatic carbocycles. The molecule has 8 nitrogen and oxygen atoms in total. The number of anilines is 1. The number of carboxylic acid groups (broad SMARTS) is 1. The van der Waals surface area contributed by atoms with Gasteiger partial charge in [0, 0.05) is 6.07 Å². The Balaban J connectivity index is 3.25. The number of nitrogens with zero attached hydrogens (tertiary/aromatic N) is 2. The van der Waals surface area contributed by atoms with Crippen LogP contribution < -0.4 is 10.1 Å². The van der Waals surface area contributed by atoms with Crippen molar-refractivity contribution in [1.29, 1.82) is 0 Å². The number of halogens is 4. The largest absolute Gasteiger partial charge is 0.477 e. The minimum Gasteiger partial charge on any atom is -0.477 e. The van der Waals surface area contributed by atoms with E-state index in [9.17, 15) is 32.5 Å². The summed E-state index contributed by atoms with van der Waals surface area (Å²) in [6.45, 7) is -2.21. The first-order chi connectivity index (χ1) is 10.2. The molecule has 0 aliphatic heterocycles. The second-order valence-corrected chi connectivity index (χ2v) is 3.75. The third kappa shape index (κ3) is 4.71. The van der Waals surface area contributed by atoms with E-state index in [-0.39, 0.29) is 0 Å². The lowest BCUT2D eigenvalue weighted by molar-refractivity contribution is -0.384. The zero-order chi connectivity index (χ0) is 16.9. The highest BCUT2D eigenvalue weighted by Crippen LogP contribution is 2.29. The first kappa shape index (κ1) is 17.4. The molecule has 0 aromatic carbocycles. The first-order valence-electron chi connectivity index (χ1n) is 5.58. The minimum absolute atomic E-state index is 0.490. The number of ether oxygens (including phenoxy) is 1. The minimum atomic E-state index is -2.95. The molecule has 0 saturated heterocycles. The molecule has 22 heavy (non-hydrogen) atoms. The Morgan fingerprint density at radius 2 is 2.05 bits per heavy atom. The van der Waals surface area contributed by atoms with E-state index in [2.05, 4.69) is 9.72 Å². The molecule has 0 spiro atoms. The summed E-state index contributed by atoms with van der Waals surface area (Å²) >= 11 is 0. The fourth-order valence-corrected chi connectivity index (χ4v) is 1.33. The van der Waals surface area contributed by atoms with Gasteiger partial charge >= 0.3 is 11.7 Å². The third-order valence-electron chi connectivity index (χ3n) is 2.16. The molecule has 1 aromatic rings. The maximum Gasteiger partial charge on any atom is 0.341 e. The molecule has 0 unspecified atom stereocenters. The molecule has 1 rings (SSSR count). The fraction of sp³-hybridized carbons (Fsp3) is 0.400. The summed E-state index contributed by atoms with van der Waals surface area (Å²) < 4.78 is 52.9. The van der Waals surface area contributed by atoms with Crippen LogP contribution in [0.2, 0.25) is 0 Å². The molecule has 12 heteroatoms. The van der Waals surface area contributed by atoms with Crippen LogP contribution in [0.15, 0.2) is 6.07 Å². The van der Waals surface area contributed by atoms with Gasteiger partial charge in [-0.25, -0.2) is 22.4 Å². The van der Waals surface area contributed by atoms with Crippen molar-refractivity contribution >= 4 is 17.5 Å². The number of pyridine rings is 1. The molecule has 122 valence electrons. The SMILES string of the molecule is O=C(O)c1cc([N+](=O)[O-])c(NCC(F)F)nc1OCC(F)F. The Bertz CT molecular complexity index is 524. The zero-order valence-corrected chi connectivity index (χ0v) is 10.6. The molecule has 1 heterocycles. The van der Waals surface area contributed by atoms with Gasteiger partial charge in [0.15, 0.2) is 6.61 Å². The average molecular weight is 327 g/mol. The van der Waals surface area contributed by atoms with Crippen LogP contribution in [0, 0.1) is 10.1 Å². The summed E-state index contributed by atoms with van der Waals surface area (Å²) in [4.78, 5) is 24.0. The molecular formula is C10H9F4N3O5. The average Bonchev–Trinajstić information content (AvgIpc) is 2.41. The summed E-state index contributed by atoms with van der Waals surface area (Å²) in [6.07, 6.45) is -5.82. The highest BCUT2D eigenvalue weighted by molar-refractivity contribution is 5.92. The number of rotatable bonds is 8. The molecule has 0 bridgehead atoms. The topological polar surface area (TPSA) is 115 Å². The molecule has 0 radical (unpaired) electrons. The van der Waals surface area contributed by atoms with Gasteiger partial charge in [0.2, 0.25) is 11.7 Å². The maximum atomic E-state index is 12.1. The van der Waals surface area contributed by atoms with Crippen LogP contribution in [0.3, 0.4) is 0 Å². The van der Waals surface area contributed by atoms with Crippen LogP contribution >= 0.6 is 0 Å². The maximum absolute atomic E-state index is 12.1. The third-order valence-corrected chi connectivity index (χ3v) is 2.16. The summed E-state index contributed by atoms with van der Waals surface area (Å²) in [5.74, 6) is -3.25. The lowest BCUT2D eigenvalue weighted by atomic mass is 10.2. The van der Waals surface area contributed by atoms with Crippen LogP contribution in [-0.4, -0.2) is 47.0 Å². The van der Waals surface area contributed by atoms with Gasteiger partial charge in [0.1, 0.15) is 5.56 Å². The van der Waals surface area contributed by atoms with Gasteiger partial charge in [-0.2, -0.15) is 4.98 Å². The molecule has 0 atom stereocenters. The lowest BCUT2D eigenvalue weighted by Crippen LogP contribution is -2.16. The van der Waals surface area contributed by atoms with Crippen molar-refractivity contribution in [3.63, 3.8) is 0 Å². The highest BCUT2D eigenvalue weighted by Gasteiger charge is 2.25. The van der Waals surface area contributed by atoms with E-state index >= 15 is 0 Å². The monoisotopic (exact) mass is 327 g/mol. The van der Waals surface area contributed by atoms with Crippen molar-refractivity contribution in [1.82, 2.24) is 4.98 Å². The number of carbonyl (C=O) groups is 1. The van der Waals surface area contributed by atoms with Crippen LogP contribution in [0.1, 0.15) is 10.4 Å². The Hall–Kier alpha value is -2.66. The Morgan fingerprint density at radius 1 is 1.41 bits per heavy atom. The number of aromatic carboxylic acids is 1. The van der Waals surface area contributed by atoms with Crippen molar-refractivity contribution in [2.75, 3.05) is 18.5 Å².